The first-order chi connectivity index (χ1) is 14.6. The second-order valence-electron chi connectivity index (χ2n) is 7.11. The van der Waals surface area contributed by atoms with Gasteiger partial charge in [-0.25, -0.2) is 4.98 Å². The first kappa shape index (κ1) is 19.6. The molecular formula is C25H23N3O2. The van der Waals surface area contributed by atoms with Crippen molar-refractivity contribution in [2.24, 2.45) is 0 Å². The first-order valence-corrected chi connectivity index (χ1v) is 9.97. The molecule has 150 valence electrons. The van der Waals surface area contributed by atoms with Gasteiger partial charge in [0.2, 0.25) is 0 Å². The van der Waals surface area contributed by atoms with E-state index in [4.69, 9.17) is 4.74 Å². The molecule has 0 spiro atoms. The molecule has 1 aromatic heterocycles. The summed E-state index contributed by atoms with van der Waals surface area (Å²) in [6.45, 7) is 4.38. The smallest absolute Gasteiger partial charge is 0.255 e. The van der Waals surface area contributed by atoms with Gasteiger partial charge >= 0.3 is 0 Å². The fraction of sp³-hybridized carbons (Fsp3) is 0.160. The van der Waals surface area contributed by atoms with Crippen LogP contribution in [0.4, 0.5) is 5.69 Å². The third-order valence-electron chi connectivity index (χ3n) is 4.92. The zero-order valence-corrected chi connectivity index (χ0v) is 17.1. The lowest BCUT2D eigenvalue weighted by Gasteiger charge is -2.13. The van der Waals surface area contributed by atoms with Gasteiger partial charge in [-0.3, -0.25) is 9.78 Å². The van der Waals surface area contributed by atoms with Gasteiger partial charge < -0.3 is 10.1 Å². The van der Waals surface area contributed by atoms with E-state index in [0.717, 1.165) is 34.6 Å². The number of ether oxygens (including phenoxy) is 1. The van der Waals surface area contributed by atoms with Crippen LogP contribution in [0.3, 0.4) is 0 Å². The highest BCUT2D eigenvalue weighted by atomic mass is 16.5. The van der Waals surface area contributed by atoms with Gasteiger partial charge in [-0.15, -0.1) is 0 Å². The van der Waals surface area contributed by atoms with E-state index in [1.54, 1.807) is 18.3 Å². The number of aromatic nitrogens is 2. The molecule has 3 aromatic carbocycles. The Morgan fingerprint density at radius 2 is 1.80 bits per heavy atom. The Bertz CT molecular complexity index is 1190. The average Bonchev–Trinajstić information content (AvgIpc) is 2.78. The molecular weight excluding hydrogens is 374 g/mol. The number of benzene rings is 3. The highest BCUT2D eigenvalue weighted by molar-refractivity contribution is 6.06. The third-order valence-corrected chi connectivity index (χ3v) is 4.92. The van der Waals surface area contributed by atoms with Crippen molar-refractivity contribution in [3.63, 3.8) is 0 Å². The summed E-state index contributed by atoms with van der Waals surface area (Å²) in [6, 6.07) is 21.1. The Hall–Kier alpha value is -3.73. The maximum Gasteiger partial charge on any atom is 0.255 e. The summed E-state index contributed by atoms with van der Waals surface area (Å²) in [7, 11) is 0. The molecule has 1 N–H and O–H groups in total. The summed E-state index contributed by atoms with van der Waals surface area (Å²) in [5.41, 5.74) is 5.74. The van der Waals surface area contributed by atoms with E-state index in [1.807, 2.05) is 49.4 Å². The minimum atomic E-state index is -0.195. The fourth-order valence-electron chi connectivity index (χ4n) is 3.19. The molecule has 5 nitrogen and oxygen atoms in total. The second kappa shape index (κ2) is 8.74. The highest BCUT2D eigenvalue weighted by Gasteiger charge is 2.11. The number of nitrogens with zero attached hydrogens (tertiary/aromatic N) is 2. The number of fused-ring (bicyclic) bond motifs is 1. The predicted octanol–water partition coefficient (Wildman–Crippen LogP) is 5.33. The Labute approximate surface area is 175 Å². The summed E-state index contributed by atoms with van der Waals surface area (Å²) in [5.74, 6) is 0.607. The third kappa shape index (κ3) is 4.46. The van der Waals surface area contributed by atoms with Crippen LogP contribution in [0.2, 0.25) is 0 Å². The molecule has 0 saturated heterocycles. The monoisotopic (exact) mass is 397 g/mol. The molecule has 0 aliphatic carbocycles. The van der Waals surface area contributed by atoms with Crippen molar-refractivity contribution in [2.45, 2.75) is 26.9 Å². The number of amides is 1. The Balaban J connectivity index is 1.49. The predicted molar refractivity (Wildman–Crippen MR) is 119 cm³/mol. The van der Waals surface area contributed by atoms with Crippen molar-refractivity contribution in [2.75, 3.05) is 5.32 Å². The lowest BCUT2D eigenvalue weighted by Crippen LogP contribution is -2.14. The fourth-order valence-corrected chi connectivity index (χ4v) is 3.19. The van der Waals surface area contributed by atoms with Crippen LogP contribution < -0.4 is 10.1 Å². The summed E-state index contributed by atoms with van der Waals surface area (Å²) in [5, 5.41) is 2.99. The molecule has 1 amide bonds. The van der Waals surface area contributed by atoms with Crippen LogP contribution in [0.15, 0.2) is 72.9 Å². The van der Waals surface area contributed by atoms with Gasteiger partial charge in [-0.2, -0.15) is 0 Å². The van der Waals surface area contributed by atoms with E-state index in [2.05, 4.69) is 34.3 Å². The summed E-state index contributed by atoms with van der Waals surface area (Å²) in [6.07, 6.45) is 2.69. The average molecular weight is 397 g/mol. The molecule has 1 heterocycles. The number of hydrogen-bond donors (Lipinski definition) is 1. The SMILES string of the molecule is CCc1ccc(OCc2ccccc2NC(=O)c2ccc3nc(C)cnc3c2)cc1. The number of rotatable bonds is 6. The largest absolute Gasteiger partial charge is 0.489 e. The quantitative estimate of drug-likeness (QED) is 0.477. The van der Waals surface area contributed by atoms with Crippen molar-refractivity contribution < 1.29 is 9.53 Å². The number of aryl methyl sites for hydroxylation is 2. The van der Waals surface area contributed by atoms with E-state index in [0.29, 0.717) is 17.7 Å². The van der Waals surface area contributed by atoms with Gasteiger partial charge in [0.05, 0.1) is 16.7 Å². The summed E-state index contributed by atoms with van der Waals surface area (Å²) >= 11 is 0. The van der Waals surface area contributed by atoms with E-state index in [1.165, 1.54) is 5.56 Å². The maximum atomic E-state index is 12.8. The molecule has 0 radical (unpaired) electrons. The van der Waals surface area contributed by atoms with Crippen LogP contribution in [0.25, 0.3) is 11.0 Å². The Morgan fingerprint density at radius 3 is 2.60 bits per heavy atom. The van der Waals surface area contributed by atoms with Gasteiger partial charge in [0.1, 0.15) is 12.4 Å². The number of hydrogen-bond acceptors (Lipinski definition) is 4. The Morgan fingerprint density at radius 1 is 1.00 bits per heavy atom. The van der Waals surface area contributed by atoms with E-state index < -0.39 is 0 Å². The standard InChI is InChI=1S/C25H23N3O2/c1-3-18-8-11-21(12-9-18)30-16-20-6-4-5-7-22(20)28-25(29)19-10-13-23-24(14-19)26-15-17(2)27-23/h4-15H,3,16H2,1-2H3,(H,28,29). The van der Waals surface area contributed by atoms with Gasteiger partial charge in [-0.1, -0.05) is 37.3 Å². The van der Waals surface area contributed by atoms with Crippen LogP contribution in [0, 0.1) is 6.92 Å². The van der Waals surface area contributed by atoms with Crippen LogP contribution in [-0.4, -0.2) is 15.9 Å². The van der Waals surface area contributed by atoms with Crippen molar-refractivity contribution in [3.05, 3.63) is 95.3 Å². The zero-order chi connectivity index (χ0) is 20.9. The normalized spacial score (nSPS) is 10.7. The van der Waals surface area contributed by atoms with E-state index in [-0.39, 0.29) is 5.91 Å². The number of para-hydroxylation sites is 1. The highest BCUT2D eigenvalue weighted by Crippen LogP contribution is 2.21. The molecule has 5 heteroatoms. The number of carbonyl (C=O) groups excluding carboxylic acids is 1. The topological polar surface area (TPSA) is 64.1 Å². The van der Waals surface area contributed by atoms with Crippen molar-refractivity contribution >= 4 is 22.6 Å². The molecule has 4 rings (SSSR count). The minimum Gasteiger partial charge on any atom is -0.489 e. The van der Waals surface area contributed by atoms with Crippen molar-refractivity contribution in [1.29, 1.82) is 0 Å². The van der Waals surface area contributed by atoms with Crippen molar-refractivity contribution in [3.8, 4) is 5.75 Å². The van der Waals surface area contributed by atoms with Gasteiger partial charge in [0.15, 0.2) is 0 Å². The zero-order valence-electron chi connectivity index (χ0n) is 17.1. The molecule has 0 saturated carbocycles. The molecule has 30 heavy (non-hydrogen) atoms. The summed E-state index contributed by atoms with van der Waals surface area (Å²) in [4.78, 5) is 21.6. The van der Waals surface area contributed by atoms with E-state index in [9.17, 15) is 4.79 Å². The number of nitrogens with one attached hydrogen (secondary N) is 1. The summed E-state index contributed by atoms with van der Waals surface area (Å²) < 4.78 is 5.92. The van der Waals surface area contributed by atoms with E-state index >= 15 is 0 Å². The molecule has 0 unspecified atom stereocenters. The second-order valence-corrected chi connectivity index (χ2v) is 7.11. The van der Waals surface area contributed by atoms with Crippen LogP contribution in [-0.2, 0) is 13.0 Å². The van der Waals surface area contributed by atoms with Crippen LogP contribution in [0.1, 0.15) is 34.1 Å². The molecule has 4 aromatic rings. The van der Waals surface area contributed by atoms with Crippen LogP contribution >= 0.6 is 0 Å². The number of anilines is 1. The molecule has 0 atom stereocenters. The maximum absolute atomic E-state index is 12.8. The lowest BCUT2D eigenvalue weighted by atomic mass is 10.1. The van der Waals surface area contributed by atoms with Gasteiger partial charge in [0.25, 0.3) is 5.91 Å². The van der Waals surface area contributed by atoms with Gasteiger partial charge in [0, 0.05) is 23.0 Å². The first-order valence-electron chi connectivity index (χ1n) is 9.97. The minimum absolute atomic E-state index is 0.195. The lowest BCUT2D eigenvalue weighted by molar-refractivity contribution is 0.102. The van der Waals surface area contributed by atoms with Gasteiger partial charge in [-0.05, 0) is 55.3 Å². The van der Waals surface area contributed by atoms with Crippen molar-refractivity contribution in [1.82, 2.24) is 9.97 Å². The molecule has 0 aliphatic heterocycles. The van der Waals surface area contributed by atoms with Crippen LogP contribution in [0.5, 0.6) is 5.75 Å². The molecule has 0 aliphatic rings. The Kier molecular flexibility index (Phi) is 5.70. The number of carbonyl (C=O) groups is 1. The molecule has 0 fully saturated rings. The molecule has 0 bridgehead atoms.